The van der Waals surface area contributed by atoms with E-state index in [0.29, 0.717) is 0 Å². The van der Waals surface area contributed by atoms with Gasteiger partial charge in [-0.25, -0.2) is 0 Å². The zero-order valence-electron chi connectivity index (χ0n) is 17.5. The molecule has 0 aliphatic carbocycles. The van der Waals surface area contributed by atoms with Crippen LogP contribution in [0.2, 0.25) is 0 Å². The predicted molar refractivity (Wildman–Crippen MR) is 132 cm³/mol. The van der Waals surface area contributed by atoms with E-state index in [4.69, 9.17) is 14.2 Å². The van der Waals surface area contributed by atoms with E-state index in [0.717, 1.165) is 54.1 Å². The van der Waals surface area contributed by atoms with Crippen LogP contribution in [-0.4, -0.2) is 12.9 Å². The van der Waals surface area contributed by atoms with Gasteiger partial charge >= 0.3 is 0 Å². The monoisotopic (exact) mass is 524 g/mol. The van der Waals surface area contributed by atoms with Crippen LogP contribution >= 0.6 is 22.6 Å². The number of hydrogen-bond acceptors (Lipinski definition) is 3. The number of ether oxygens (including phenoxy) is 3. The van der Waals surface area contributed by atoms with Crippen molar-refractivity contribution in [2.75, 3.05) is 6.61 Å². The van der Waals surface area contributed by atoms with Gasteiger partial charge in [-0.05, 0) is 95.5 Å². The molecule has 0 bridgehead atoms. The molecule has 0 N–H and O–H groups in total. The number of allylic oxidation sites excluding steroid dienone is 1. The molecule has 1 saturated heterocycles. The number of hydrogen-bond donors (Lipinski definition) is 0. The second kappa shape index (κ2) is 9.05. The minimum atomic E-state index is -0.160. The van der Waals surface area contributed by atoms with Gasteiger partial charge < -0.3 is 14.2 Å². The Balaban J connectivity index is 1.43. The number of halogens is 1. The maximum Gasteiger partial charge on any atom is 0.199 e. The van der Waals surface area contributed by atoms with Crippen molar-refractivity contribution in [1.82, 2.24) is 0 Å². The first-order chi connectivity index (χ1) is 15.2. The van der Waals surface area contributed by atoms with Crippen molar-refractivity contribution in [3.8, 4) is 22.6 Å². The molecule has 2 aliphatic rings. The molecule has 2 heterocycles. The van der Waals surface area contributed by atoms with Gasteiger partial charge in [0.25, 0.3) is 0 Å². The van der Waals surface area contributed by atoms with Crippen molar-refractivity contribution in [2.24, 2.45) is 0 Å². The molecule has 0 spiro atoms. The first kappa shape index (κ1) is 20.6. The van der Waals surface area contributed by atoms with Crippen LogP contribution in [0.1, 0.15) is 43.4 Å². The fourth-order valence-corrected chi connectivity index (χ4v) is 4.53. The van der Waals surface area contributed by atoms with E-state index in [2.05, 4.69) is 90.2 Å². The Morgan fingerprint density at radius 1 is 0.935 bits per heavy atom. The minimum Gasteiger partial charge on any atom is -0.481 e. The molecule has 1 fully saturated rings. The molecule has 2 aliphatic heterocycles. The normalized spacial score (nSPS) is 20.4. The van der Waals surface area contributed by atoms with Crippen molar-refractivity contribution in [3.05, 3.63) is 87.5 Å². The highest BCUT2D eigenvalue weighted by Gasteiger charge is 2.22. The number of benzene rings is 3. The van der Waals surface area contributed by atoms with Crippen molar-refractivity contribution < 1.29 is 14.2 Å². The second-order valence-electron chi connectivity index (χ2n) is 8.06. The van der Waals surface area contributed by atoms with Crippen molar-refractivity contribution >= 4 is 28.2 Å². The third-order valence-corrected chi connectivity index (χ3v) is 6.57. The molecular weight excluding hydrogens is 499 g/mol. The van der Waals surface area contributed by atoms with Crippen molar-refractivity contribution in [3.63, 3.8) is 0 Å². The Labute approximate surface area is 197 Å². The van der Waals surface area contributed by atoms with Crippen LogP contribution < -0.4 is 9.47 Å². The Morgan fingerprint density at radius 3 is 2.58 bits per heavy atom. The summed E-state index contributed by atoms with van der Waals surface area (Å²) in [7, 11) is 0. The summed E-state index contributed by atoms with van der Waals surface area (Å²) in [6, 6.07) is 23.1. The van der Waals surface area contributed by atoms with Gasteiger partial charge in [-0.2, -0.15) is 0 Å². The molecule has 4 heteroatoms. The molecule has 2 atom stereocenters. The average molecular weight is 524 g/mol. The lowest BCUT2D eigenvalue weighted by molar-refractivity contribution is -0.105. The van der Waals surface area contributed by atoms with Gasteiger partial charge in [0.2, 0.25) is 0 Å². The van der Waals surface area contributed by atoms with Gasteiger partial charge in [-0.1, -0.05) is 36.4 Å². The lowest BCUT2D eigenvalue weighted by atomic mass is 9.94. The summed E-state index contributed by atoms with van der Waals surface area (Å²) in [5.41, 5.74) is 5.71. The molecule has 0 aromatic heterocycles. The van der Waals surface area contributed by atoms with Crippen LogP contribution in [0.25, 0.3) is 16.7 Å². The standard InChI is InChI=1S/C27H25IO3/c1-18-16-26(19-9-12-21(28)13-10-19)30-25-14-11-20(17-23(18)25)22-6-2-3-7-24(22)31-27-8-4-5-15-29-27/h2-3,6-7,9-14,16-17,26-27H,4-5,8,15H2,1H3. The van der Waals surface area contributed by atoms with Crippen LogP contribution in [0.3, 0.4) is 0 Å². The Bertz CT molecular complexity index is 1100. The molecule has 0 amide bonds. The summed E-state index contributed by atoms with van der Waals surface area (Å²) >= 11 is 2.33. The first-order valence-corrected chi connectivity index (χ1v) is 11.9. The molecule has 3 aromatic carbocycles. The van der Waals surface area contributed by atoms with E-state index in [1.54, 1.807) is 0 Å². The zero-order chi connectivity index (χ0) is 21.2. The van der Waals surface area contributed by atoms with Crippen LogP contribution in [0, 0.1) is 3.57 Å². The third kappa shape index (κ3) is 4.51. The summed E-state index contributed by atoms with van der Waals surface area (Å²) in [5.74, 6) is 1.78. The Morgan fingerprint density at radius 2 is 1.77 bits per heavy atom. The fourth-order valence-electron chi connectivity index (χ4n) is 4.17. The van der Waals surface area contributed by atoms with Gasteiger partial charge in [0.15, 0.2) is 6.29 Å². The number of rotatable bonds is 4. The SMILES string of the molecule is CC1=CC(c2ccc(I)cc2)Oc2ccc(-c3ccccc3OC3CCCCO3)cc21. The first-order valence-electron chi connectivity index (χ1n) is 10.8. The highest BCUT2D eigenvalue weighted by Crippen LogP contribution is 2.41. The summed E-state index contributed by atoms with van der Waals surface area (Å²) < 4.78 is 19.6. The molecule has 5 rings (SSSR count). The van der Waals surface area contributed by atoms with E-state index in [1.807, 2.05) is 12.1 Å². The minimum absolute atomic E-state index is 0.0607. The van der Waals surface area contributed by atoms with Gasteiger partial charge in [0.1, 0.15) is 17.6 Å². The summed E-state index contributed by atoms with van der Waals surface area (Å²) in [6.07, 6.45) is 5.18. The molecule has 3 nitrogen and oxygen atoms in total. The maximum absolute atomic E-state index is 6.34. The molecule has 31 heavy (non-hydrogen) atoms. The van der Waals surface area contributed by atoms with Gasteiger partial charge in [0.05, 0.1) is 6.61 Å². The van der Waals surface area contributed by atoms with Crippen molar-refractivity contribution in [1.29, 1.82) is 0 Å². The molecule has 3 aromatic rings. The Kier molecular flexibility index (Phi) is 6.01. The van der Waals surface area contributed by atoms with E-state index in [9.17, 15) is 0 Å². The third-order valence-electron chi connectivity index (χ3n) is 5.85. The highest BCUT2D eigenvalue weighted by atomic mass is 127. The van der Waals surface area contributed by atoms with Gasteiger partial charge in [0, 0.05) is 21.1 Å². The lowest BCUT2D eigenvalue weighted by Gasteiger charge is -2.26. The molecule has 2 unspecified atom stereocenters. The summed E-state index contributed by atoms with van der Waals surface area (Å²) in [5, 5.41) is 0. The second-order valence-corrected chi connectivity index (χ2v) is 9.31. The maximum atomic E-state index is 6.34. The molecule has 0 radical (unpaired) electrons. The van der Waals surface area contributed by atoms with Crippen LogP contribution in [0.5, 0.6) is 11.5 Å². The van der Waals surface area contributed by atoms with Crippen molar-refractivity contribution in [2.45, 2.75) is 38.6 Å². The lowest BCUT2D eigenvalue weighted by Crippen LogP contribution is -2.25. The highest BCUT2D eigenvalue weighted by molar-refractivity contribution is 14.1. The molecular formula is C27H25IO3. The predicted octanol–water partition coefficient (Wildman–Crippen LogP) is 7.40. The van der Waals surface area contributed by atoms with E-state index < -0.39 is 0 Å². The van der Waals surface area contributed by atoms with E-state index in [-0.39, 0.29) is 12.4 Å². The van der Waals surface area contributed by atoms with Crippen LogP contribution in [-0.2, 0) is 4.74 Å². The van der Waals surface area contributed by atoms with Gasteiger partial charge in [-0.15, -0.1) is 0 Å². The quantitative estimate of drug-likeness (QED) is 0.333. The van der Waals surface area contributed by atoms with E-state index >= 15 is 0 Å². The summed E-state index contributed by atoms with van der Waals surface area (Å²) in [4.78, 5) is 0. The molecule has 158 valence electrons. The van der Waals surface area contributed by atoms with Gasteiger partial charge in [-0.3, -0.25) is 0 Å². The summed E-state index contributed by atoms with van der Waals surface area (Å²) in [6.45, 7) is 2.93. The van der Waals surface area contributed by atoms with Crippen LogP contribution in [0.4, 0.5) is 0 Å². The van der Waals surface area contributed by atoms with Crippen LogP contribution in [0.15, 0.2) is 72.8 Å². The topological polar surface area (TPSA) is 27.7 Å². The molecule has 0 saturated carbocycles. The zero-order valence-corrected chi connectivity index (χ0v) is 19.7. The Hall–Kier alpha value is -2.31. The number of fused-ring (bicyclic) bond motifs is 1. The smallest absolute Gasteiger partial charge is 0.199 e. The number of para-hydroxylation sites is 1. The fraction of sp³-hybridized carbons (Fsp3) is 0.259. The average Bonchev–Trinajstić information content (AvgIpc) is 2.80. The van der Waals surface area contributed by atoms with E-state index in [1.165, 1.54) is 14.7 Å². The largest absolute Gasteiger partial charge is 0.481 e.